The van der Waals surface area contributed by atoms with Gasteiger partial charge in [0.1, 0.15) is 6.33 Å². The van der Waals surface area contributed by atoms with Crippen LogP contribution in [0.25, 0.3) is 0 Å². The summed E-state index contributed by atoms with van der Waals surface area (Å²) >= 11 is 5.96. The highest BCUT2D eigenvalue weighted by atomic mass is 35.5. The van der Waals surface area contributed by atoms with E-state index in [4.69, 9.17) is 11.6 Å². The van der Waals surface area contributed by atoms with E-state index < -0.39 is 4.92 Å². The van der Waals surface area contributed by atoms with Gasteiger partial charge in [0.25, 0.3) is 0 Å². The van der Waals surface area contributed by atoms with Crippen molar-refractivity contribution in [2.24, 2.45) is 0 Å². The van der Waals surface area contributed by atoms with Gasteiger partial charge in [0.15, 0.2) is 0 Å². The van der Waals surface area contributed by atoms with Crippen LogP contribution in [0.3, 0.4) is 0 Å². The van der Waals surface area contributed by atoms with Gasteiger partial charge in [-0.05, 0) is 55.3 Å². The molecule has 0 fully saturated rings. The van der Waals surface area contributed by atoms with Crippen molar-refractivity contribution in [1.29, 1.82) is 0 Å². The normalized spacial score (nSPS) is 10.4. The zero-order chi connectivity index (χ0) is 18.7. The van der Waals surface area contributed by atoms with E-state index >= 15 is 0 Å². The summed E-state index contributed by atoms with van der Waals surface area (Å²) in [4.78, 5) is 19.2. The van der Waals surface area contributed by atoms with Crippen molar-refractivity contribution < 1.29 is 4.92 Å². The van der Waals surface area contributed by atoms with Gasteiger partial charge in [-0.1, -0.05) is 23.7 Å². The number of nitrogens with one attached hydrogen (secondary N) is 2. The molecule has 3 rings (SSSR count). The monoisotopic (exact) mass is 369 g/mol. The van der Waals surface area contributed by atoms with Gasteiger partial charge in [-0.3, -0.25) is 10.1 Å². The Kier molecular flexibility index (Phi) is 4.99. The fourth-order valence-electron chi connectivity index (χ4n) is 2.39. The van der Waals surface area contributed by atoms with Crippen molar-refractivity contribution in [1.82, 2.24) is 9.97 Å². The minimum atomic E-state index is -0.518. The molecule has 26 heavy (non-hydrogen) atoms. The van der Waals surface area contributed by atoms with Crippen LogP contribution in [0.2, 0.25) is 5.02 Å². The zero-order valence-electron chi connectivity index (χ0n) is 14.2. The highest BCUT2D eigenvalue weighted by Crippen LogP contribution is 2.33. The summed E-state index contributed by atoms with van der Waals surface area (Å²) < 4.78 is 0. The molecule has 0 aliphatic rings. The van der Waals surface area contributed by atoms with Crippen molar-refractivity contribution in [3.05, 3.63) is 75.1 Å². The van der Waals surface area contributed by atoms with Crippen LogP contribution in [0.4, 0.5) is 28.7 Å². The molecule has 0 saturated heterocycles. The van der Waals surface area contributed by atoms with Gasteiger partial charge in [0, 0.05) is 16.4 Å². The standard InChI is InChI=1S/C18H16ClN5O2/c1-11-6-7-15(8-12(11)2)23-18-16(24(25)26)17(20-10-21-18)22-14-5-3-4-13(19)9-14/h3-10H,1-2H3,(H2,20,21,22,23). The third-order valence-electron chi connectivity index (χ3n) is 3.86. The third-order valence-corrected chi connectivity index (χ3v) is 4.10. The van der Waals surface area contributed by atoms with Gasteiger partial charge in [-0.25, -0.2) is 9.97 Å². The summed E-state index contributed by atoms with van der Waals surface area (Å²) in [5.41, 5.74) is 3.27. The summed E-state index contributed by atoms with van der Waals surface area (Å²) in [6.45, 7) is 3.97. The van der Waals surface area contributed by atoms with Gasteiger partial charge in [-0.15, -0.1) is 0 Å². The minimum absolute atomic E-state index is 0.0820. The molecule has 0 aliphatic heterocycles. The van der Waals surface area contributed by atoms with Crippen molar-refractivity contribution in [3.63, 3.8) is 0 Å². The topological polar surface area (TPSA) is 93.0 Å². The molecular weight excluding hydrogens is 354 g/mol. The Morgan fingerprint density at radius 1 is 0.962 bits per heavy atom. The smallest absolute Gasteiger partial charge is 0.334 e. The van der Waals surface area contributed by atoms with E-state index in [2.05, 4.69) is 20.6 Å². The third kappa shape index (κ3) is 3.89. The summed E-state index contributed by atoms with van der Waals surface area (Å²) in [6.07, 6.45) is 1.27. The number of hydrogen-bond donors (Lipinski definition) is 2. The van der Waals surface area contributed by atoms with Crippen molar-refractivity contribution in [2.75, 3.05) is 10.6 Å². The number of hydrogen-bond acceptors (Lipinski definition) is 6. The Morgan fingerprint density at radius 2 is 1.62 bits per heavy atom. The average Bonchev–Trinajstić information content (AvgIpc) is 2.58. The molecule has 0 amide bonds. The molecule has 1 heterocycles. The van der Waals surface area contributed by atoms with Crippen LogP contribution in [-0.4, -0.2) is 14.9 Å². The Balaban J connectivity index is 1.98. The first-order valence-electron chi connectivity index (χ1n) is 7.80. The number of anilines is 4. The van der Waals surface area contributed by atoms with Crippen LogP contribution in [-0.2, 0) is 0 Å². The highest BCUT2D eigenvalue weighted by Gasteiger charge is 2.23. The number of rotatable bonds is 5. The molecule has 3 aromatic rings. The molecule has 132 valence electrons. The van der Waals surface area contributed by atoms with Crippen LogP contribution in [0.1, 0.15) is 11.1 Å². The molecule has 0 aliphatic carbocycles. The second-order valence-electron chi connectivity index (χ2n) is 5.74. The second-order valence-corrected chi connectivity index (χ2v) is 6.17. The van der Waals surface area contributed by atoms with Crippen LogP contribution >= 0.6 is 11.6 Å². The number of nitrogens with zero attached hydrogens (tertiary/aromatic N) is 3. The number of aromatic nitrogens is 2. The lowest BCUT2D eigenvalue weighted by Crippen LogP contribution is -2.05. The predicted molar refractivity (Wildman–Crippen MR) is 103 cm³/mol. The first-order valence-corrected chi connectivity index (χ1v) is 8.18. The molecule has 2 aromatic carbocycles. The van der Waals surface area contributed by atoms with E-state index in [0.29, 0.717) is 16.4 Å². The second kappa shape index (κ2) is 7.37. The van der Waals surface area contributed by atoms with E-state index in [-0.39, 0.29) is 17.3 Å². The number of halogens is 1. The largest absolute Gasteiger partial charge is 0.353 e. The molecule has 7 nitrogen and oxygen atoms in total. The van der Waals surface area contributed by atoms with Gasteiger partial charge in [0.2, 0.25) is 11.6 Å². The van der Waals surface area contributed by atoms with Crippen LogP contribution in [0.5, 0.6) is 0 Å². The molecule has 2 N–H and O–H groups in total. The highest BCUT2D eigenvalue weighted by molar-refractivity contribution is 6.30. The summed E-state index contributed by atoms with van der Waals surface area (Å²) in [5, 5.41) is 18.1. The van der Waals surface area contributed by atoms with E-state index in [1.807, 2.05) is 32.0 Å². The molecular formula is C18H16ClN5O2. The summed E-state index contributed by atoms with van der Waals surface area (Å²) in [7, 11) is 0. The zero-order valence-corrected chi connectivity index (χ0v) is 14.9. The molecule has 0 bridgehead atoms. The molecule has 0 atom stereocenters. The van der Waals surface area contributed by atoms with Crippen LogP contribution < -0.4 is 10.6 Å². The Labute approximate surface area is 155 Å². The molecule has 8 heteroatoms. The molecule has 0 spiro atoms. The van der Waals surface area contributed by atoms with Gasteiger partial charge < -0.3 is 10.6 Å². The lowest BCUT2D eigenvalue weighted by atomic mass is 10.1. The summed E-state index contributed by atoms with van der Waals surface area (Å²) in [6, 6.07) is 12.6. The Morgan fingerprint density at radius 3 is 2.19 bits per heavy atom. The van der Waals surface area contributed by atoms with E-state index in [1.54, 1.807) is 24.3 Å². The van der Waals surface area contributed by atoms with E-state index in [9.17, 15) is 10.1 Å². The SMILES string of the molecule is Cc1ccc(Nc2ncnc(Nc3cccc(Cl)c3)c2[N+](=O)[O-])cc1C. The Hall–Kier alpha value is -3.19. The van der Waals surface area contributed by atoms with Gasteiger partial charge >= 0.3 is 5.69 Å². The number of aryl methyl sites for hydroxylation is 2. The maximum atomic E-state index is 11.6. The van der Waals surface area contributed by atoms with Crippen molar-refractivity contribution in [2.45, 2.75) is 13.8 Å². The van der Waals surface area contributed by atoms with Gasteiger partial charge in [-0.2, -0.15) is 0 Å². The van der Waals surface area contributed by atoms with Crippen LogP contribution in [0, 0.1) is 24.0 Å². The lowest BCUT2D eigenvalue weighted by molar-refractivity contribution is -0.383. The fraction of sp³-hybridized carbons (Fsp3) is 0.111. The maximum absolute atomic E-state index is 11.6. The van der Waals surface area contributed by atoms with Gasteiger partial charge in [0.05, 0.1) is 4.92 Å². The van der Waals surface area contributed by atoms with E-state index in [0.717, 1.165) is 11.1 Å². The minimum Gasteiger partial charge on any atom is -0.334 e. The molecule has 0 unspecified atom stereocenters. The fourth-order valence-corrected chi connectivity index (χ4v) is 2.58. The first kappa shape index (κ1) is 17.6. The number of nitro groups is 1. The quantitative estimate of drug-likeness (QED) is 0.477. The first-order chi connectivity index (χ1) is 12.4. The predicted octanol–water partition coefficient (Wildman–Crippen LogP) is 5.14. The maximum Gasteiger partial charge on any atom is 0.353 e. The molecule has 0 saturated carbocycles. The molecule has 0 radical (unpaired) electrons. The molecule has 1 aromatic heterocycles. The number of benzene rings is 2. The lowest BCUT2D eigenvalue weighted by Gasteiger charge is -2.11. The summed E-state index contributed by atoms with van der Waals surface area (Å²) in [5.74, 6) is 0.191. The van der Waals surface area contributed by atoms with Crippen LogP contribution in [0.15, 0.2) is 48.8 Å². The van der Waals surface area contributed by atoms with Crippen molar-refractivity contribution in [3.8, 4) is 0 Å². The van der Waals surface area contributed by atoms with E-state index in [1.165, 1.54) is 6.33 Å². The van der Waals surface area contributed by atoms with Crippen molar-refractivity contribution >= 4 is 40.3 Å². The average molecular weight is 370 g/mol. The Bertz CT molecular complexity index is 978.